The third-order valence-corrected chi connectivity index (χ3v) is 17.6. The van der Waals surface area contributed by atoms with E-state index in [9.17, 15) is 53.1 Å². The average molecular weight is 1350 g/mol. The molecule has 0 radical (unpaired) electrons. The number of allylic oxidation sites excluding steroid dienone is 2. The van der Waals surface area contributed by atoms with Gasteiger partial charge < -0.3 is 76.1 Å². The first-order valence-corrected chi connectivity index (χ1v) is 34.9. The molecule has 2 aliphatic heterocycles. The third kappa shape index (κ3) is 35.1. The molecular weight excluding hydrogens is 1240 g/mol. The average Bonchev–Trinajstić information content (AvgIpc) is 1.60. The number of nitrogens with one attached hydrogen (secondary N) is 8. The number of nitrogens with zero attached hydrogens (tertiary/aromatic N) is 1. The summed E-state index contributed by atoms with van der Waals surface area (Å²) in [5, 5.41) is 35.9. The van der Waals surface area contributed by atoms with Gasteiger partial charge in [0, 0.05) is 108 Å². The van der Waals surface area contributed by atoms with Crippen molar-refractivity contribution in [1.82, 2.24) is 42.5 Å². The van der Waals surface area contributed by atoms with Crippen LogP contribution in [-0.2, 0) is 66.8 Å². The fourth-order valence-corrected chi connectivity index (χ4v) is 12.6. The van der Waals surface area contributed by atoms with Crippen LogP contribution in [0.1, 0.15) is 158 Å². The first-order valence-electron chi connectivity index (χ1n) is 33.0. The van der Waals surface area contributed by atoms with Crippen LogP contribution in [0.5, 0.6) is 0 Å². The fraction of sp³-hybridized carbons (Fsp3) is 0.708. The Hall–Kier alpha value is -6.30. The highest BCUT2D eigenvalue weighted by Crippen LogP contribution is 2.37. The van der Waals surface area contributed by atoms with E-state index in [-0.39, 0.29) is 156 Å². The molecule has 8 amide bonds. The minimum absolute atomic E-state index is 0.00170. The Morgan fingerprint density at radius 1 is 0.656 bits per heavy atom. The second kappa shape index (κ2) is 47.6. The van der Waals surface area contributed by atoms with E-state index in [4.69, 9.17) is 28.4 Å². The van der Waals surface area contributed by atoms with Gasteiger partial charge in [-0.2, -0.15) is 11.8 Å². The zero-order valence-corrected chi connectivity index (χ0v) is 56.3. The Kier molecular flexibility index (Phi) is 40.5. The lowest BCUT2D eigenvalue weighted by molar-refractivity contribution is -0.142. The minimum atomic E-state index is -0.890. The van der Waals surface area contributed by atoms with E-state index < -0.39 is 29.1 Å². The van der Waals surface area contributed by atoms with Crippen molar-refractivity contribution in [2.45, 2.75) is 172 Å². The third-order valence-electron chi connectivity index (χ3n) is 15.2. The topological polar surface area (TPSA) is 355 Å². The molecule has 1 aliphatic carbocycles. The van der Waals surface area contributed by atoms with Crippen LogP contribution in [-0.4, -0.2) is 211 Å². The predicted molar refractivity (Wildman–Crippen MR) is 354 cm³/mol. The molecule has 3 aliphatic rings. The van der Waals surface area contributed by atoms with Crippen molar-refractivity contribution < 1.29 is 81.5 Å². The highest BCUT2D eigenvalue weighted by Gasteiger charge is 2.42. The van der Waals surface area contributed by atoms with Crippen LogP contribution in [0.4, 0.5) is 4.79 Å². The van der Waals surface area contributed by atoms with Crippen LogP contribution in [0.2, 0.25) is 0 Å². The standard InChI is InChI=1S/C65H103N9O17S2/c1-4-32-91-58(81)23-6-5-12-26-68-56(79)24-25-57(80)72-48(62(83)70-29-16-34-87-38-42-90-41-37-86-33-15-28-69-55(78)22-10-8-19-52-60-49(46-93-52)73-64(85)74-60)18-11-13-27-67-54(77)21-9-7-17-47(59-50(75)44-65(2,3)45-51(59)76)66-30-35-88-39-40-89-36-31-71-63(84)61(82)53-20-14-43-92-53/h4,14,20,43,48-49,52,60,75H,1,5-13,15-19,21-42,44-46H2,2-3H3,(H,67,77)(H,68,79)(H,69,78)(H,70,83)(H,71,84)(H,72,80)(H2,73,74,85)/t48-,49-,52-,60?/m0/s1. The van der Waals surface area contributed by atoms with E-state index in [2.05, 4.69) is 54.1 Å². The number of aliphatic hydroxyl groups excluding tert-OH is 1. The van der Waals surface area contributed by atoms with Gasteiger partial charge >= 0.3 is 12.0 Å². The van der Waals surface area contributed by atoms with Crippen molar-refractivity contribution in [1.29, 1.82) is 0 Å². The Balaban J connectivity index is 1.09. The largest absolute Gasteiger partial charge is 0.511 e. The number of ketones is 2. The van der Waals surface area contributed by atoms with Gasteiger partial charge in [-0.3, -0.25) is 48.1 Å². The molecule has 0 aromatic carbocycles. The molecule has 26 nitrogen and oxygen atoms in total. The quantitative estimate of drug-likeness (QED) is 0.00785. The molecule has 1 aromatic rings. The molecule has 0 spiro atoms. The number of thioether (sulfide) groups is 1. The summed E-state index contributed by atoms with van der Waals surface area (Å²) in [5.74, 6) is -2.15. The maximum atomic E-state index is 13.5. The summed E-state index contributed by atoms with van der Waals surface area (Å²) < 4.78 is 33.1. The maximum absolute atomic E-state index is 13.5. The van der Waals surface area contributed by atoms with E-state index >= 15 is 0 Å². The van der Waals surface area contributed by atoms with Crippen molar-refractivity contribution in [2.24, 2.45) is 10.4 Å². The van der Waals surface area contributed by atoms with E-state index in [1.165, 1.54) is 17.4 Å². The van der Waals surface area contributed by atoms with Gasteiger partial charge in [0.1, 0.15) is 18.4 Å². The molecule has 2 fully saturated rings. The lowest BCUT2D eigenvalue weighted by atomic mass is 9.75. The zero-order valence-electron chi connectivity index (χ0n) is 54.6. The van der Waals surface area contributed by atoms with Gasteiger partial charge in [-0.15, -0.1) is 11.3 Å². The van der Waals surface area contributed by atoms with E-state index in [1.807, 2.05) is 25.6 Å². The van der Waals surface area contributed by atoms with Crippen molar-refractivity contribution in [2.75, 3.05) is 118 Å². The summed E-state index contributed by atoms with van der Waals surface area (Å²) in [7, 11) is 0. The first kappa shape index (κ1) is 79.1. The summed E-state index contributed by atoms with van der Waals surface area (Å²) in [6.07, 6.45) is 11.4. The van der Waals surface area contributed by atoms with E-state index in [1.54, 1.807) is 17.5 Å². The van der Waals surface area contributed by atoms with Crippen LogP contribution in [0.15, 0.2) is 46.5 Å². The molecule has 0 bridgehead atoms. The van der Waals surface area contributed by atoms with Gasteiger partial charge in [0.15, 0.2) is 5.78 Å². The Bertz CT molecular complexity index is 2550. The predicted octanol–water partition coefficient (Wildman–Crippen LogP) is 5.03. The van der Waals surface area contributed by atoms with Crippen LogP contribution in [0.25, 0.3) is 0 Å². The number of unbranched alkanes of at least 4 members (excludes halogenated alkanes) is 5. The Labute approximate surface area is 555 Å². The number of carbonyl (C=O) groups excluding carboxylic acids is 10. The number of aliphatic imine (C=N–C) groups is 1. The number of amides is 8. The number of hydrogen-bond acceptors (Lipinski definition) is 20. The van der Waals surface area contributed by atoms with Crippen molar-refractivity contribution >= 4 is 87.8 Å². The van der Waals surface area contributed by atoms with Gasteiger partial charge in [-0.1, -0.05) is 45.4 Å². The number of fused-ring (bicyclic) bond motifs is 1. The summed E-state index contributed by atoms with van der Waals surface area (Å²) in [5.41, 5.74) is 0.301. The normalized spacial score (nSPS) is 17.0. The number of hydrogen-bond donors (Lipinski definition) is 9. The zero-order chi connectivity index (χ0) is 67.3. The van der Waals surface area contributed by atoms with Crippen LogP contribution < -0.4 is 42.5 Å². The minimum Gasteiger partial charge on any atom is -0.511 e. The molecular formula is C65H103N9O17S2. The molecule has 522 valence electrons. The van der Waals surface area contributed by atoms with Crippen molar-refractivity contribution in [3.8, 4) is 0 Å². The second-order valence-corrected chi connectivity index (χ2v) is 26.0. The molecule has 93 heavy (non-hydrogen) atoms. The molecule has 2 saturated heterocycles. The Morgan fingerprint density at radius 3 is 1.91 bits per heavy atom. The summed E-state index contributed by atoms with van der Waals surface area (Å²) in [4.78, 5) is 130. The molecule has 9 N–H and O–H groups in total. The molecule has 4 atom stereocenters. The van der Waals surface area contributed by atoms with Gasteiger partial charge in [0.25, 0.3) is 11.7 Å². The fourth-order valence-electron chi connectivity index (χ4n) is 10.4. The molecule has 3 heterocycles. The highest BCUT2D eigenvalue weighted by atomic mass is 32.2. The lowest BCUT2D eigenvalue weighted by Crippen LogP contribution is -2.47. The second-order valence-electron chi connectivity index (χ2n) is 23.7. The smallest absolute Gasteiger partial charge is 0.315 e. The van der Waals surface area contributed by atoms with Gasteiger partial charge in [0.2, 0.25) is 29.5 Å². The number of Topliss-reactive ketones (excluding diaryl/α,β-unsaturated/α-hetero) is 2. The van der Waals surface area contributed by atoms with Crippen LogP contribution in [0.3, 0.4) is 0 Å². The number of rotatable bonds is 54. The van der Waals surface area contributed by atoms with Crippen molar-refractivity contribution in [3.63, 3.8) is 0 Å². The molecule has 1 unspecified atom stereocenters. The van der Waals surface area contributed by atoms with Crippen LogP contribution in [0, 0.1) is 5.41 Å². The van der Waals surface area contributed by atoms with Crippen molar-refractivity contribution in [3.05, 3.63) is 46.4 Å². The summed E-state index contributed by atoms with van der Waals surface area (Å²) in [6.45, 7) is 12.7. The molecule has 4 rings (SSSR count). The van der Waals surface area contributed by atoms with E-state index in [0.717, 1.165) is 25.0 Å². The van der Waals surface area contributed by atoms with E-state index in [0.29, 0.717) is 152 Å². The number of aliphatic hydroxyl groups is 1. The number of thiophene rings is 1. The van der Waals surface area contributed by atoms with Gasteiger partial charge in [-0.25, -0.2) is 4.79 Å². The molecule has 0 saturated carbocycles. The molecule has 1 aromatic heterocycles. The molecule has 28 heteroatoms. The Morgan fingerprint density at radius 2 is 1.25 bits per heavy atom. The monoisotopic (exact) mass is 1350 g/mol. The van der Waals surface area contributed by atoms with Crippen LogP contribution >= 0.6 is 23.1 Å². The lowest BCUT2D eigenvalue weighted by Gasteiger charge is -2.30. The highest BCUT2D eigenvalue weighted by molar-refractivity contribution is 8.00. The SMILES string of the molecule is C=CCOC(=O)CCCCCNC(=O)CCC(=O)N[C@@H](CCCCNC(=O)CCCCC(=NCCOCCOCCNC(=O)C(=O)c1cccs1)C1=C(O)CC(C)(C)CC1=O)C(=O)NCCCOCCOCCOCCCNC(=O)CCCC[C@@H]1SC[C@@H]2NC(=O)NC21. The van der Waals surface area contributed by atoms with Gasteiger partial charge in [0.05, 0.1) is 81.9 Å². The number of carbonyl (C=O) groups is 10. The summed E-state index contributed by atoms with van der Waals surface area (Å²) in [6, 6.07) is 2.70. The number of esters is 1. The maximum Gasteiger partial charge on any atom is 0.315 e. The number of urea groups is 1. The first-order chi connectivity index (χ1) is 45.0. The summed E-state index contributed by atoms with van der Waals surface area (Å²) >= 11 is 3.07. The van der Waals surface area contributed by atoms with Gasteiger partial charge in [-0.05, 0) is 93.9 Å². The number of ether oxygens (including phenoxy) is 6.